The Kier molecular flexibility index (Phi) is 0.758. The van der Waals surface area contributed by atoms with Crippen LogP contribution in [0.3, 0.4) is 0 Å². The maximum Gasteiger partial charge on any atom is 0.0647 e. The summed E-state index contributed by atoms with van der Waals surface area (Å²) >= 11 is 0. The minimum Gasteiger partial charge on any atom is -0.286 e. The molecule has 0 atom stereocenters. The standard InChI is InChI=1S/C3H6N2Si/c6-3-1-2-4-5-3/h1-2H,6H3,(H,4,5). The molecule has 0 saturated carbocycles. The third kappa shape index (κ3) is 0.489. The Bertz CT molecular complexity index is 112. The third-order valence-corrected chi connectivity index (χ3v) is 1.20. The molecule has 2 nitrogen and oxygen atoms in total. The fourth-order valence-corrected chi connectivity index (χ4v) is 0.630. The van der Waals surface area contributed by atoms with Crippen molar-refractivity contribution in [3.63, 3.8) is 0 Å². The first-order valence-electron chi connectivity index (χ1n) is 1.86. The summed E-state index contributed by atoms with van der Waals surface area (Å²) in [5, 5.41) is 7.74. The molecule has 0 amide bonds. The lowest BCUT2D eigenvalue weighted by Gasteiger charge is -1.65. The molecule has 0 aliphatic carbocycles. The van der Waals surface area contributed by atoms with Gasteiger partial charge in [0.05, 0.1) is 10.2 Å². The molecule has 0 aromatic carbocycles. The van der Waals surface area contributed by atoms with Gasteiger partial charge < -0.3 is 0 Å². The molecular formula is C3H6N2Si. The van der Waals surface area contributed by atoms with Crippen LogP contribution in [-0.4, -0.2) is 20.4 Å². The van der Waals surface area contributed by atoms with Gasteiger partial charge in [-0.25, -0.2) is 0 Å². The molecule has 0 aliphatic rings. The molecule has 1 heterocycles. The monoisotopic (exact) mass is 98.0 g/mol. The SMILES string of the molecule is [SiH3]c1cc[nH]n1. The van der Waals surface area contributed by atoms with Crippen molar-refractivity contribution >= 4 is 15.6 Å². The maximum atomic E-state index is 3.85. The van der Waals surface area contributed by atoms with Crippen LogP contribution in [0.25, 0.3) is 0 Å². The van der Waals surface area contributed by atoms with E-state index in [1.165, 1.54) is 5.32 Å². The average molecular weight is 98.2 g/mol. The summed E-state index contributed by atoms with van der Waals surface area (Å²) in [6.45, 7) is 0. The fourth-order valence-electron chi connectivity index (χ4n) is 0.334. The summed E-state index contributed by atoms with van der Waals surface area (Å²) < 4.78 is 0. The van der Waals surface area contributed by atoms with E-state index in [1.807, 2.05) is 12.3 Å². The Labute approximate surface area is 39.0 Å². The van der Waals surface area contributed by atoms with Gasteiger partial charge in [0.15, 0.2) is 0 Å². The van der Waals surface area contributed by atoms with E-state index in [2.05, 4.69) is 10.2 Å². The van der Waals surface area contributed by atoms with E-state index in [9.17, 15) is 0 Å². The quantitative estimate of drug-likeness (QED) is 0.389. The zero-order valence-electron chi connectivity index (χ0n) is 3.60. The first-order chi connectivity index (χ1) is 2.89. The second-order valence-electron chi connectivity index (χ2n) is 1.22. The van der Waals surface area contributed by atoms with Crippen LogP contribution in [0.5, 0.6) is 0 Å². The number of nitrogens with zero attached hydrogens (tertiary/aromatic N) is 1. The van der Waals surface area contributed by atoms with E-state index in [4.69, 9.17) is 0 Å². The van der Waals surface area contributed by atoms with Crippen molar-refractivity contribution in [1.29, 1.82) is 0 Å². The second kappa shape index (κ2) is 1.26. The van der Waals surface area contributed by atoms with Gasteiger partial charge in [-0.3, -0.25) is 5.10 Å². The van der Waals surface area contributed by atoms with Crippen LogP contribution in [-0.2, 0) is 0 Å². The van der Waals surface area contributed by atoms with Gasteiger partial charge in [0.2, 0.25) is 0 Å². The average Bonchev–Trinajstić information content (AvgIpc) is 1.86. The summed E-state index contributed by atoms with van der Waals surface area (Å²) in [6, 6.07) is 1.98. The Morgan fingerprint density at radius 3 is 2.83 bits per heavy atom. The molecule has 1 rings (SSSR count). The van der Waals surface area contributed by atoms with Crippen LogP contribution >= 0.6 is 0 Å². The van der Waals surface area contributed by atoms with E-state index in [0.717, 1.165) is 10.2 Å². The molecular weight excluding hydrogens is 92.1 g/mol. The Morgan fingerprint density at radius 2 is 2.67 bits per heavy atom. The van der Waals surface area contributed by atoms with Crippen molar-refractivity contribution in [1.82, 2.24) is 10.2 Å². The Balaban J connectivity index is 3.05. The molecule has 0 spiro atoms. The molecule has 6 heavy (non-hydrogen) atoms. The van der Waals surface area contributed by atoms with Crippen molar-refractivity contribution in [3.8, 4) is 0 Å². The fraction of sp³-hybridized carbons (Fsp3) is 0. The molecule has 32 valence electrons. The molecule has 0 saturated heterocycles. The summed E-state index contributed by atoms with van der Waals surface area (Å²) in [5.41, 5.74) is 0. The largest absolute Gasteiger partial charge is 0.286 e. The number of aromatic nitrogens is 2. The summed E-state index contributed by atoms with van der Waals surface area (Å²) in [4.78, 5) is 0. The number of hydrogen-bond acceptors (Lipinski definition) is 1. The van der Waals surface area contributed by atoms with E-state index in [-0.39, 0.29) is 0 Å². The van der Waals surface area contributed by atoms with Crippen LogP contribution in [0.1, 0.15) is 0 Å². The number of rotatable bonds is 0. The number of aromatic amines is 1. The maximum absolute atomic E-state index is 3.85. The zero-order valence-corrected chi connectivity index (χ0v) is 5.60. The lowest BCUT2D eigenvalue weighted by Crippen LogP contribution is -2.00. The summed E-state index contributed by atoms with van der Waals surface area (Å²) in [7, 11) is 1.05. The predicted molar refractivity (Wildman–Crippen MR) is 28.2 cm³/mol. The number of H-pyrrole nitrogens is 1. The van der Waals surface area contributed by atoms with Crippen molar-refractivity contribution in [3.05, 3.63) is 12.3 Å². The molecule has 3 heteroatoms. The highest BCUT2D eigenvalue weighted by Crippen LogP contribution is 1.60. The molecule has 1 aromatic rings. The van der Waals surface area contributed by atoms with Gasteiger partial charge in [-0.15, -0.1) is 0 Å². The van der Waals surface area contributed by atoms with Gasteiger partial charge in [-0.2, -0.15) is 5.10 Å². The molecule has 0 radical (unpaired) electrons. The molecule has 0 fully saturated rings. The molecule has 1 aromatic heterocycles. The zero-order chi connectivity index (χ0) is 4.41. The predicted octanol–water partition coefficient (Wildman–Crippen LogP) is -1.60. The number of nitrogens with one attached hydrogen (secondary N) is 1. The van der Waals surface area contributed by atoms with E-state index < -0.39 is 0 Å². The van der Waals surface area contributed by atoms with Gasteiger partial charge in [0.1, 0.15) is 0 Å². The molecule has 0 aliphatic heterocycles. The first kappa shape index (κ1) is 3.61. The van der Waals surface area contributed by atoms with Crippen LogP contribution in [0.4, 0.5) is 0 Å². The van der Waals surface area contributed by atoms with Crippen LogP contribution in [0, 0.1) is 0 Å². The highest BCUT2D eigenvalue weighted by atomic mass is 28.1. The summed E-state index contributed by atoms with van der Waals surface area (Å²) in [5.74, 6) is 0. The van der Waals surface area contributed by atoms with E-state index in [0.29, 0.717) is 0 Å². The minimum atomic E-state index is 1.05. The van der Waals surface area contributed by atoms with Gasteiger partial charge in [0.25, 0.3) is 0 Å². The molecule has 0 bridgehead atoms. The van der Waals surface area contributed by atoms with Gasteiger partial charge in [-0.05, 0) is 6.07 Å². The van der Waals surface area contributed by atoms with E-state index in [1.54, 1.807) is 0 Å². The lowest BCUT2D eigenvalue weighted by molar-refractivity contribution is 1.11. The lowest BCUT2D eigenvalue weighted by atomic mass is 10.8. The van der Waals surface area contributed by atoms with Crippen LogP contribution < -0.4 is 5.32 Å². The van der Waals surface area contributed by atoms with Gasteiger partial charge in [-0.1, -0.05) is 0 Å². The van der Waals surface area contributed by atoms with Crippen LogP contribution in [0.15, 0.2) is 12.3 Å². The summed E-state index contributed by atoms with van der Waals surface area (Å²) in [6.07, 6.45) is 1.84. The smallest absolute Gasteiger partial charge is 0.0647 e. The van der Waals surface area contributed by atoms with Gasteiger partial charge >= 0.3 is 0 Å². The van der Waals surface area contributed by atoms with Crippen LogP contribution in [0.2, 0.25) is 0 Å². The van der Waals surface area contributed by atoms with Crippen molar-refractivity contribution < 1.29 is 0 Å². The minimum absolute atomic E-state index is 1.05. The highest BCUT2D eigenvalue weighted by molar-refractivity contribution is 6.30. The molecule has 1 N–H and O–H groups in total. The first-order valence-corrected chi connectivity index (χ1v) is 2.86. The normalized spacial score (nSPS) is 9.33. The highest BCUT2D eigenvalue weighted by Gasteiger charge is 1.74. The Morgan fingerprint density at radius 1 is 1.83 bits per heavy atom. The Hall–Kier alpha value is -0.573. The van der Waals surface area contributed by atoms with E-state index >= 15 is 0 Å². The number of hydrogen-bond donors (Lipinski definition) is 1. The second-order valence-corrected chi connectivity index (χ2v) is 2.24. The topological polar surface area (TPSA) is 28.7 Å². The third-order valence-electron chi connectivity index (χ3n) is 0.640. The van der Waals surface area contributed by atoms with Crippen molar-refractivity contribution in [2.45, 2.75) is 0 Å². The van der Waals surface area contributed by atoms with Gasteiger partial charge in [0, 0.05) is 11.5 Å². The molecule has 0 unspecified atom stereocenters. The van der Waals surface area contributed by atoms with Crippen molar-refractivity contribution in [2.24, 2.45) is 0 Å². The van der Waals surface area contributed by atoms with Crippen molar-refractivity contribution in [2.75, 3.05) is 0 Å².